The maximum absolute atomic E-state index is 13.8. The third-order valence-electron chi connectivity index (χ3n) is 4.06. The van der Waals surface area contributed by atoms with Gasteiger partial charge in [0.2, 0.25) is 5.91 Å². The van der Waals surface area contributed by atoms with E-state index in [4.69, 9.17) is 16.0 Å². The zero-order valence-corrected chi connectivity index (χ0v) is 15.3. The summed E-state index contributed by atoms with van der Waals surface area (Å²) in [5.74, 6) is -1.06. The molecule has 0 aliphatic carbocycles. The van der Waals surface area contributed by atoms with Gasteiger partial charge in [-0.05, 0) is 36.8 Å². The molecule has 1 amide bonds. The molecule has 0 bridgehead atoms. The number of aryl methyl sites for hydroxylation is 1. The van der Waals surface area contributed by atoms with Gasteiger partial charge in [-0.3, -0.25) is 4.79 Å². The van der Waals surface area contributed by atoms with Crippen molar-refractivity contribution in [2.24, 2.45) is 0 Å². The van der Waals surface area contributed by atoms with Crippen LogP contribution in [0.25, 0.3) is 11.3 Å². The second-order valence-electron chi connectivity index (χ2n) is 6.08. The molecule has 1 aromatic heterocycles. The Labute approximate surface area is 160 Å². The van der Waals surface area contributed by atoms with Crippen molar-refractivity contribution in [1.82, 2.24) is 10.3 Å². The van der Waals surface area contributed by atoms with Gasteiger partial charge in [-0.1, -0.05) is 23.7 Å². The van der Waals surface area contributed by atoms with Crippen LogP contribution in [-0.2, 0) is 11.2 Å². The Balaban J connectivity index is 1.56. The predicted molar refractivity (Wildman–Crippen MR) is 98.2 cm³/mol. The first kappa shape index (κ1) is 19.0. The smallest absolute Gasteiger partial charge is 0.220 e. The van der Waals surface area contributed by atoms with E-state index in [-0.39, 0.29) is 36.1 Å². The lowest BCUT2D eigenvalue weighted by molar-refractivity contribution is -0.121. The van der Waals surface area contributed by atoms with Crippen LogP contribution in [0.4, 0.5) is 8.78 Å². The molecule has 0 aliphatic heterocycles. The van der Waals surface area contributed by atoms with Gasteiger partial charge in [-0.2, -0.15) is 0 Å². The SMILES string of the molecule is CC(NC(=O)CCc1ncc(-c2ccc(F)cc2F)o1)c1ccc(Cl)cc1. The highest BCUT2D eigenvalue weighted by Crippen LogP contribution is 2.24. The summed E-state index contributed by atoms with van der Waals surface area (Å²) in [4.78, 5) is 16.2. The first-order valence-corrected chi connectivity index (χ1v) is 8.75. The standard InChI is InChI=1S/C20H17ClF2N2O2/c1-12(13-2-4-14(21)5-3-13)25-19(26)8-9-20-24-11-18(27-20)16-7-6-15(22)10-17(16)23/h2-7,10-12H,8-9H2,1H3,(H,25,26). The Morgan fingerprint density at radius 1 is 1.22 bits per heavy atom. The first-order chi connectivity index (χ1) is 12.9. The number of benzene rings is 2. The number of hydrogen-bond donors (Lipinski definition) is 1. The van der Waals surface area contributed by atoms with Crippen LogP contribution in [0.5, 0.6) is 0 Å². The summed E-state index contributed by atoms with van der Waals surface area (Å²) in [5.41, 5.74) is 1.06. The zero-order valence-electron chi connectivity index (χ0n) is 14.5. The minimum atomic E-state index is -0.729. The molecule has 0 spiro atoms. The summed E-state index contributed by atoms with van der Waals surface area (Å²) in [6.45, 7) is 1.88. The van der Waals surface area contributed by atoms with Crippen molar-refractivity contribution in [1.29, 1.82) is 0 Å². The fraction of sp³-hybridized carbons (Fsp3) is 0.200. The molecule has 27 heavy (non-hydrogen) atoms. The molecule has 1 N–H and O–H groups in total. The molecule has 3 rings (SSSR count). The highest BCUT2D eigenvalue weighted by Gasteiger charge is 2.14. The number of nitrogens with one attached hydrogen (secondary N) is 1. The molecule has 7 heteroatoms. The van der Waals surface area contributed by atoms with Crippen LogP contribution in [0.1, 0.15) is 30.8 Å². The van der Waals surface area contributed by atoms with Crippen LogP contribution in [0.2, 0.25) is 5.02 Å². The third-order valence-corrected chi connectivity index (χ3v) is 4.32. The summed E-state index contributed by atoms with van der Waals surface area (Å²) in [7, 11) is 0. The van der Waals surface area contributed by atoms with Crippen molar-refractivity contribution in [3.05, 3.63) is 76.8 Å². The number of halogens is 3. The Hall–Kier alpha value is -2.73. The van der Waals surface area contributed by atoms with Crippen molar-refractivity contribution in [3.63, 3.8) is 0 Å². The lowest BCUT2D eigenvalue weighted by Crippen LogP contribution is -2.26. The van der Waals surface area contributed by atoms with E-state index in [1.807, 2.05) is 19.1 Å². The summed E-state index contributed by atoms with van der Waals surface area (Å²) >= 11 is 5.86. The normalized spacial score (nSPS) is 12.0. The van der Waals surface area contributed by atoms with E-state index in [0.29, 0.717) is 10.9 Å². The van der Waals surface area contributed by atoms with Gasteiger partial charge in [0.05, 0.1) is 17.8 Å². The van der Waals surface area contributed by atoms with E-state index >= 15 is 0 Å². The van der Waals surface area contributed by atoms with Crippen LogP contribution in [-0.4, -0.2) is 10.9 Å². The van der Waals surface area contributed by atoms with E-state index in [0.717, 1.165) is 17.7 Å². The Morgan fingerprint density at radius 3 is 2.67 bits per heavy atom. The number of carbonyl (C=O) groups is 1. The number of carbonyl (C=O) groups excluding carboxylic acids is 1. The molecule has 0 saturated carbocycles. The van der Waals surface area contributed by atoms with Crippen LogP contribution in [0.3, 0.4) is 0 Å². The molecule has 140 valence electrons. The third kappa shape index (κ3) is 4.92. The quantitative estimate of drug-likeness (QED) is 0.638. The summed E-state index contributed by atoms with van der Waals surface area (Å²) in [5, 5.41) is 3.52. The van der Waals surface area contributed by atoms with Crippen LogP contribution >= 0.6 is 11.6 Å². The molecule has 4 nitrogen and oxygen atoms in total. The van der Waals surface area contributed by atoms with Crippen molar-refractivity contribution < 1.29 is 18.0 Å². The molecule has 1 heterocycles. The number of amides is 1. The van der Waals surface area contributed by atoms with Gasteiger partial charge in [0.15, 0.2) is 11.7 Å². The fourth-order valence-electron chi connectivity index (χ4n) is 2.61. The highest BCUT2D eigenvalue weighted by molar-refractivity contribution is 6.30. The minimum Gasteiger partial charge on any atom is -0.441 e. The maximum Gasteiger partial charge on any atom is 0.220 e. The predicted octanol–water partition coefficient (Wildman–Crippen LogP) is 5.08. The van der Waals surface area contributed by atoms with Gasteiger partial charge in [-0.25, -0.2) is 13.8 Å². The Bertz CT molecular complexity index is 941. The van der Waals surface area contributed by atoms with Gasteiger partial charge < -0.3 is 9.73 Å². The highest BCUT2D eigenvalue weighted by atomic mass is 35.5. The molecule has 0 aliphatic rings. The number of aromatic nitrogens is 1. The molecule has 1 unspecified atom stereocenters. The molecule has 2 aromatic carbocycles. The van der Waals surface area contributed by atoms with Crippen LogP contribution in [0, 0.1) is 11.6 Å². The fourth-order valence-corrected chi connectivity index (χ4v) is 2.73. The first-order valence-electron chi connectivity index (χ1n) is 8.37. The molecular formula is C20H17ClF2N2O2. The summed E-state index contributed by atoms with van der Waals surface area (Å²) < 4.78 is 32.3. The average Bonchev–Trinajstić information content (AvgIpc) is 3.09. The van der Waals surface area contributed by atoms with Crippen LogP contribution in [0.15, 0.2) is 53.1 Å². The molecule has 0 radical (unpaired) electrons. The van der Waals surface area contributed by atoms with Gasteiger partial charge in [0.1, 0.15) is 11.6 Å². The largest absolute Gasteiger partial charge is 0.441 e. The Morgan fingerprint density at radius 2 is 1.96 bits per heavy atom. The summed E-state index contributed by atoms with van der Waals surface area (Å²) in [6.07, 6.45) is 1.80. The van der Waals surface area contributed by atoms with Crippen molar-refractivity contribution in [2.45, 2.75) is 25.8 Å². The topological polar surface area (TPSA) is 55.1 Å². The number of oxazole rings is 1. The lowest BCUT2D eigenvalue weighted by Gasteiger charge is -2.14. The number of hydrogen-bond acceptors (Lipinski definition) is 3. The van der Waals surface area contributed by atoms with Gasteiger partial charge in [0, 0.05) is 23.9 Å². The molecular weight excluding hydrogens is 374 g/mol. The van der Waals surface area contributed by atoms with Gasteiger partial charge >= 0.3 is 0 Å². The second-order valence-corrected chi connectivity index (χ2v) is 6.52. The minimum absolute atomic E-state index is 0.121. The van der Waals surface area contributed by atoms with E-state index in [9.17, 15) is 13.6 Å². The monoisotopic (exact) mass is 390 g/mol. The van der Waals surface area contributed by atoms with Crippen molar-refractivity contribution in [3.8, 4) is 11.3 Å². The maximum atomic E-state index is 13.8. The van der Waals surface area contributed by atoms with E-state index in [1.165, 1.54) is 12.3 Å². The lowest BCUT2D eigenvalue weighted by atomic mass is 10.1. The molecule has 0 saturated heterocycles. The van der Waals surface area contributed by atoms with Gasteiger partial charge in [-0.15, -0.1) is 0 Å². The average molecular weight is 391 g/mol. The van der Waals surface area contributed by atoms with E-state index in [1.54, 1.807) is 12.1 Å². The molecule has 1 atom stereocenters. The van der Waals surface area contributed by atoms with Crippen molar-refractivity contribution in [2.75, 3.05) is 0 Å². The zero-order chi connectivity index (χ0) is 19.4. The van der Waals surface area contributed by atoms with E-state index in [2.05, 4.69) is 10.3 Å². The number of rotatable bonds is 6. The Kier molecular flexibility index (Phi) is 5.86. The van der Waals surface area contributed by atoms with Crippen molar-refractivity contribution >= 4 is 17.5 Å². The second kappa shape index (κ2) is 8.31. The molecule has 0 fully saturated rings. The van der Waals surface area contributed by atoms with E-state index < -0.39 is 11.6 Å². The number of nitrogens with zero attached hydrogens (tertiary/aromatic N) is 1. The molecule has 3 aromatic rings. The van der Waals surface area contributed by atoms with Crippen LogP contribution < -0.4 is 5.32 Å². The van der Waals surface area contributed by atoms with Gasteiger partial charge in [0.25, 0.3) is 0 Å². The summed E-state index contributed by atoms with van der Waals surface area (Å²) in [6, 6.07) is 10.3.